The largest absolute Gasteiger partial charge is 0.341 e. The fraction of sp³-hybridized carbons (Fsp3) is 0.536. The van der Waals surface area contributed by atoms with E-state index in [0.717, 1.165) is 44.5 Å². The summed E-state index contributed by atoms with van der Waals surface area (Å²) >= 11 is 6.07. The maximum absolute atomic E-state index is 13.8. The highest BCUT2D eigenvalue weighted by Gasteiger charge is 2.44. The number of likely N-dealkylation sites (tertiary alicyclic amines) is 1. The highest BCUT2D eigenvalue weighted by Crippen LogP contribution is 2.42. The second-order valence-corrected chi connectivity index (χ2v) is 10.9. The van der Waals surface area contributed by atoms with Crippen LogP contribution < -0.4 is 10.6 Å². The summed E-state index contributed by atoms with van der Waals surface area (Å²) in [7, 11) is 2.23. The van der Waals surface area contributed by atoms with Crippen molar-refractivity contribution in [3.8, 4) is 0 Å². The topological polar surface area (TPSA) is 47.6 Å². The molecule has 1 amide bonds. The minimum Gasteiger partial charge on any atom is -0.341 e. The molecule has 5 nitrogen and oxygen atoms in total. The summed E-state index contributed by atoms with van der Waals surface area (Å²) in [6.45, 7) is 3.51. The molecule has 2 fully saturated rings. The Bertz CT molecular complexity index is 1020. The van der Waals surface area contributed by atoms with Crippen molar-refractivity contribution in [2.75, 3.05) is 39.8 Å². The number of nitrogens with zero attached hydrogens (tertiary/aromatic N) is 2. The zero-order valence-corrected chi connectivity index (χ0v) is 21.2. The molecular weight excluding hydrogens is 463 g/mol. The lowest BCUT2D eigenvalue weighted by Gasteiger charge is -2.51. The summed E-state index contributed by atoms with van der Waals surface area (Å²) in [5.41, 5.74) is 3.96. The summed E-state index contributed by atoms with van der Waals surface area (Å²) in [6, 6.07) is 16.2. The van der Waals surface area contributed by atoms with Crippen LogP contribution in [0.15, 0.2) is 48.5 Å². The maximum atomic E-state index is 13.8. The van der Waals surface area contributed by atoms with Crippen molar-refractivity contribution in [2.24, 2.45) is 0 Å². The fourth-order valence-electron chi connectivity index (χ4n) is 6.18. The molecule has 5 rings (SSSR count). The Morgan fingerprint density at radius 3 is 2.63 bits per heavy atom. The van der Waals surface area contributed by atoms with Crippen LogP contribution in [-0.4, -0.2) is 73.7 Å². The molecule has 0 saturated carbocycles. The molecule has 0 radical (unpaired) electrons. The van der Waals surface area contributed by atoms with Crippen LogP contribution >= 0.6 is 11.6 Å². The fourth-order valence-corrected chi connectivity index (χ4v) is 6.31. The molecule has 0 aromatic heterocycles. The second-order valence-electron chi connectivity index (χ2n) is 10.4. The number of nitrogens with one attached hydrogen (secondary N) is 2. The third kappa shape index (κ3) is 5.26. The lowest BCUT2D eigenvalue weighted by Crippen LogP contribution is -2.58. The molecule has 3 atom stereocenters. The van der Waals surface area contributed by atoms with Crippen molar-refractivity contribution >= 4 is 17.5 Å². The van der Waals surface area contributed by atoms with E-state index in [1.807, 2.05) is 29.2 Å². The Morgan fingerprint density at radius 1 is 1.17 bits per heavy atom. The van der Waals surface area contributed by atoms with Crippen molar-refractivity contribution in [2.45, 2.75) is 55.9 Å². The van der Waals surface area contributed by atoms with E-state index in [1.165, 1.54) is 11.1 Å². The third-order valence-electron chi connectivity index (χ3n) is 8.30. The molecule has 2 aromatic rings. The van der Waals surface area contributed by atoms with E-state index in [9.17, 15) is 9.18 Å². The van der Waals surface area contributed by atoms with Crippen LogP contribution in [0.4, 0.5) is 4.39 Å². The monoisotopic (exact) mass is 498 g/mol. The van der Waals surface area contributed by atoms with Crippen molar-refractivity contribution in [3.05, 3.63) is 70.2 Å². The molecule has 3 aliphatic heterocycles. The van der Waals surface area contributed by atoms with Gasteiger partial charge in [0, 0.05) is 49.3 Å². The first-order valence-electron chi connectivity index (χ1n) is 12.9. The highest BCUT2D eigenvalue weighted by molar-refractivity contribution is 6.30. The standard InChI is InChI=1S/C28H36ClFN4O/c1-33-13-10-21-4-2-3-5-25(21)28(33)11-14-34(15-12-28)27(35)26(16-20-6-8-22(29)9-7-20)32-19-24-17-23(30)18-31-24/h2-9,23-24,26,31-32H,10-19H2,1H3/t23-,24+,26+/m0/s1. The Morgan fingerprint density at radius 2 is 1.91 bits per heavy atom. The van der Waals surface area contributed by atoms with Crippen LogP contribution in [0.25, 0.3) is 0 Å². The molecular formula is C28H36ClFN4O. The van der Waals surface area contributed by atoms with Gasteiger partial charge in [0.2, 0.25) is 5.91 Å². The molecule has 2 aromatic carbocycles. The first kappa shape index (κ1) is 24.7. The average Bonchev–Trinajstić information content (AvgIpc) is 3.30. The zero-order valence-electron chi connectivity index (χ0n) is 20.5. The third-order valence-corrected chi connectivity index (χ3v) is 8.55. The predicted molar refractivity (Wildman–Crippen MR) is 139 cm³/mol. The van der Waals surface area contributed by atoms with Crippen LogP contribution in [0.3, 0.4) is 0 Å². The Labute approximate surface area is 213 Å². The maximum Gasteiger partial charge on any atom is 0.240 e. The molecule has 7 heteroatoms. The number of piperidine rings is 1. The van der Waals surface area contributed by atoms with Gasteiger partial charge in [-0.2, -0.15) is 0 Å². The van der Waals surface area contributed by atoms with Gasteiger partial charge >= 0.3 is 0 Å². The van der Waals surface area contributed by atoms with Crippen LogP contribution in [-0.2, 0) is 23.2 Å². The van der Waals surface area contributed by atoms with Gasteiger partial charge in [-0.15, -0.1) is 0 Å². The Kier molecular flexibility index (Phi) is 7.44. The summed E-state index contributed by atoms with van der Waals surface area (Å²) in [4.78, 5) is 18.3. The van der Waals surface area contributed by atoms with Crippen LogP contribution in [0, 0.1) is 0 Å². The van der Waals surface area contributed by atoms with Gasteiger partial charge in [-0.25, -0.2) is 4.39 Å². The van der Waals surface area contributed by atoms with Gasteiger partial charge in [0.05, 0.1) is 6.04 Å². The van der Waals surface area contributed by atoms with Gasteiger partial charge in [0.1, 0.15) is 6.17 Å². The van der Waals surface area contributed by atoms with E-state index in [2.05, 4.69) is 46.8 Å². The van der Waals surface area contributed by atoms with Gasteiger partial charge in [0.15, 0.2) is 0 Å². The first-order valence-corrected chi connectivity index (χ1v) is 13.3. The number of likely N-dealkylation sites (N-methyl/N-ethyl adjacent to an activating group) is 1. The Balaban J connectivity index is 1.29. The number of rotatable bonds is 6. The molecule has 2 N–H and O–H groups in total. The van der Waals surface area contributed by atoms with Crippen LogP contribution in [0.2, 0.25) is 5.02 Å². The van der Waals surface area contributed by atoms with Crippen molar-refractivity contribution in [1.82, 2.24) is 20.4 Å². The SMILES string of the molecule is CN1CCc2ccccc2C12CCN(C(=O)[C@@H](Cc1ccc(Cl)cc1)NC[C@H]1C[C@H](F)CN1)CC2. The van der Waals surface area contributed by atoms with Gasteiger partial charge < -0.3 is 15.5 Å². The number of carbonyl (C=O) groups excluding carboxylic acids is 1. The first-order chi connectivity index (χ1) is 16.9. The van der Waals surface area contributed by atoms with Crippen molar-refractivity contribution in [1.29, 1.82) is 0 Å². The number of fused-ring (bicyclic) bond motifs is 2. The lowest BCUT2D eigenvalue weighted by atomic mass is 9.74. The normalized spacial score (nSPS) is 24.9. The van der Waals surface area contributed by atoms with Crippen molar-refractivity contribution < 1.29 is 9.18 Å². The Hall–Kier alpha value is -1.99. The zero-order chi connectivity index (χ0) is 24.4. The van der Waals surface area contributed by atoms with Gasteiger partial charge in [-0.3, -0.25) is 9.69 Å². The van der Waals surface area contributed by atoms with E-state index in [-0.39, 0.29) is 23.5 Å². The van der Waals surface area contributed by atoms with Crippen molar-refractivity contribution in [3.63, 3.8) is 0 Å². The number of amides is 1. The minimum atomic E-state index is -0.805. The van der Waals surface area contributed by atoms with E-state index < -0.39 is 6.17 Å². The van der Waals surface area contributed by atoms with E-state index in [1.54, 1.807) is 0 Å². The molecule has 3 heterocycles. The molecule has 3 aliphatic rings. The van der Waals surface area contributed by atoms with Crippen LogP contribution in [0.5, 0.6) is 0 Å². The number of hydrogen-bond donors (Lipinski definition) is 2. The molecule has 35 heavy (non-hydrogen) atoms. The summed E-state index contributed by atoms with van der Waals surface area (Å²) < 4.78 is 13.7. The quantitative estimate of drug-likeness (QED) is 0.639. The van der Waals surface area contributed by atoms with E-state index >= 15 is 0 Å². The van der Waals surface area contributed by atoms with Gasteiger partial charge in [0.25, 0.3) is 0 Å². The number of benzene rings is 2. The highest BCUT2D eigenvalue weighted by atomic mass is 35.5. The minimum absolute atomic E-state index is 0.00856. The summed E-state index contributed by atoms with van der Waals surface area (Å²) in [6.07, 6.45) is 3.24. The smallest absolute Gasteiger partial charge is 0.240 e. The number of carbonyl (C=O) groups is 1. The van der Waals surface area contributed by atoms with Crippen LogP contribution in [0.1, 0.15) is 36.0 Å². The molecule has 2 saturated heterocycles. The molecule has 0 aliphatic carbocycles. The lowest BCUT2D eigenvalue weighted by molar-refractivity contribution is -0.136. The number of alkyl halides is 1. The summed E-state index contributed by atoms with van der Waals surface area (Å²) in [5, 5.41) is 7.38. The number of halogens is 2. The molecule has 188 valence electrons. The average molecular weight is 499 g/mol. The van der Waals surface area contributed by atoms with E-state index in [4.69, 9.17) is 11.6 Å². The predicted octanol–water partition coefficient (Wildman–Crippen LogP) is 3.55. The number of hydrogen-bond acceptors (Lipinski definition) is 4. The second kappa shape index (κ2) is 10.6. The van der Waals surface area contributed by atoms with Gasteiger partial charge in [-0.1, -0.05) is 48.0 Å². The molecule has 1 spiro atoms. The van der Waals surface area contributed by atoms with E-state index in [0.29, 0.717) is 31.0 Å². The molecule has 0 bridgehead atoms. The van der Waals surface area contributed by atoms with Gasteiger partial charge in [-0.05, 0) is 68.0 Å². The summed E-state index contributed by atoms with van der Waals surface area (Å²) in [5.74, 6) is 0.136. The molecule has 0 unspecified atom stereocenters.